The van der Waals surface area contributed by atoms with Crippen molar-refractivity contribution in [1.82, 2.24) is 10.6 Å². The molecular formula is C15H26N2OS. The van der Waals surface area contributed by atoms with Crippen LogP contribution >= 0.6 is 12.2 Å². The third kappa shape index (κ3) is 4.44. The number of carbonyl (C=O) groups excluding carboxylic acids is 1. The largest absolute Gasteiger partial charge is 0.360 e. The van der Waals surface area contributed by atoms with E-state index in [1.165, 1.54) is 12.8 Å². The monoisotopic (exact) mass is 282 g/mol. The molecule has 0 aromatic rings. The first-order chi connectivity index (χ1) is 8.86. The molecular weight excluding hydrogens is 256 g/mol. The fourth-order valence-corrected chi connectivity index (χ4v) is 3.15. The summed E-state index contributed by atoms with van der Waals surface area (Å²) >= 11 is 5.22. The number of amides is 1. The molecule has 2 aliphatic rings. The van der Waals surface area contributed by atoms with E-state index in [2.05, 4.69) is 31.4 Å². The van der Waals surface area contributed by atoms with Crippen LogP contribution in [0.25, 0.3) is 0 Å². The minimum absolute atomic E-state index is 0.0980. The lowest BCUT2D eigenvalue weighted by molar-refractivity contribution is -0.120. The molecule has 2 aliphatic carbocycles. The second-order valence-electron chi connectivity index (χ2n) is 7.15. The van der Waals surface area contributed by atoms with Crippen LogP contribution in [0.5, 0.6) is 0 Å². The Kier molecular flexibility index (Phi) is 4.49. The summed E-state index contributed by atoms with van der Waals surface area (Å²) < 4.78 is 0. The molecule has 0 aromatic heterocycles. The van der Waals surface area contributed by atoms with Gasteiger partial charge in [0.1, 0.15) is 0 Å². The number of hydrogen-bond donors (Lipinski definition) is 2. The summed E-state index contributed by atoms with van der Waals surface area (Å²) in [6, 6.07) is 0.436. The molecule has 0 spiro atoms. The van der Waals surface area contributed by atoms with E-state index >= 15 is 0 Å². The van der Waals surface area contributed by atoms with Gasteiger partial charge in [0.25, 0.3) is 0 Å². The van der Waals surface area contributed by atoms with Crippen molar-refractivity contribution in [1.29, 1.82) is 0 Å². The van der Waals surface area contributed by atoms with Crippen LogP contribution in [-0.4, -0.2) is 17.1 Å². The zero-order valence-electron chi connectivity index (χ0n) is 12.3. The molecule has 0 radical (unpaired) electrons. The quantitative estimate of drug-likeness (QED) is 0.765. The highest BCUT2D eigenvalue weighted by atomic mass is 32.1. The highest BCUT2D eigenvalue weighted by Gasteiger charge is 2.32. The summed E-state index contributed by atoms with van der Waals surface area (Å²) in [5.41, 5.74) is 0.408. The average molecular weight is 282 g/mol. The van der Waals surface area contributed by atoms with Gasteiger partial charge in [-0.25, -0.2) is 0 Å². The van der Waals surface area contributed by atoms with E-state index in [-0.39, 0.29) is 11.8 Å². The first-order valence-electron chi connectivity index (χ1n) is 7.47. The van der Waals surface area contributed by atoms with Gasteiger partial charge in [0.15, 0.2) is 5.11 Å². The summed E-state index contributed by atoms with van der Waals surface area (Å²) in [4.78, 5) is 11.6. The van der Waals surface area contributed by atoms with E-state index in [0.717, 1.165) is 31.6 Å². The maximum atomic E-state index is 11.6. The van der Waals surface area contributed by atoms with E-state index in [1.54, 1.807) is 0 Å². The molecule has 2 saturated carbocycles. The van der Waals surface area contributed by atoms with Gasteiger partial charge in [-0.05, 0) is 62.1 Å². The third-order valence-corrected chi connectivity index (χ3v) is 4.69. The van der Waals surface area contributed by atoms with E-state index in [9.17, 15) is 4.79 Å². The van der Waals surface area contributed by atoms with E-state index in [1.807, 2.05) is 0 Å². The number of hydrogen-bond acceptors (Lipinski definition) is 2. The van der Waals surface area contributed by atoms with Crippen molar-refractivity contribution in [3.8, 4) is 0 Å². The summed E-state index contributed by atoms with van der Waals surface area (Å²) in [5.74, 6) is 1.12. The van der Waals surface area contributed by atoms with Crippen LogP contribution < -0.4 is 10.6 Å². The Morgan fingerprint density at radius 1 is 1.05 bits per heavy atom. The SMILES string of the molecule is CC(C)(C)C1CCC(NC(=S)NC(=O)C2CC2)CC1. The van der Waals surface area contributed by atoms with Crippen molar-refractivity contribution in [2.45, 2.75) is 65.3 Å². The van der Waals surface area contributed by atoms with Gasteiger partial charge in [0.05, 0.1) is 0 Å². The molecule has 0 saturated heterocycles. The zero-order valence-corrected chi connectivity index (χ0v) is 13.1. The van der Waals surface area contributed by atoms with Crippen molar-refractivity contribution in [3.05, 3.63) is 0 Å². The topological polar surface area (TPSA) is 41.1 Å². The molecule has 2 fully saturated rings. The molecule has 19 heavy (non-hydrogen) atoms. The van der Waals surface area contributed by atoms with Gasteiger partial charge in [0, 0.05) is 12.0 Å². The smallest absolute Gasteiger partial charge is 0.229 e. The molecule has 108 valence electrons. The van der Waals surface area contributed by atoms with Crippen LogP contribution in [0.1, 0.15) is 59.3 Å². The van der Waals surface area contributed by atoms with Crippen molar-refractivity contribution < 1.29 is 4.79 Å². The standard InChI is InChI=1S/C15H26N2OS/c1-15(2,3)11-6-8-12(9-7-11)16-14(19)17-13(18)10-4-5-10/h10-12H,4-9H2,1-3H3,(H2,16,17,18,19). The van der Waals surface area contributed by atoms with E-state index in [4.69, 9.17) is 12.2 Å². The Morgan fingerprint density at radius 2 is 1.63 bits per heavy atom. The number of rotatable bonds is 2. The lowest BCUT2D eigenvalue weighted by Crippen LogP contribution is -2.46. The van der Waals surface area contributed by atoms with Gasteiger partial charge in [-0.15, -0.1) is 0 Å². The minimum atomic E-state index is 0.0980. The van der Waals surface area contributed by atoms with Crippen molar-refractivity contribution in [3.63, 3.8) is 0 Å². The van der Waals surface area contributed by atoms with Crippen LogP contribution in [0.15, 0.2) is 0 Å². The molecule has 1 amide bonds. The fraction of sp³-hybridized carbons (Fsp3) is 0.867. The van der Waals surface area contributed by atoms with Crippen molar-refractivity contribution >= 4 is 23.2 Å². The zero-order chi connectivity index (χ0) is 14.0. The fourth-order valence-electron chi connectivity index (χ4n) is 2.88. The molecule has 0 aromatic carbocycles. The summed E-state index contributed by atoms with van der Waals surface area (Å²) in [7, 11) is 0. The lowest BCUT2D eigenvalue weighted by Gasteiger charge is -2.37. The maximum absolute atomic E-state index is 11.6. The first-order valence-corrected chi connectivity index (χ1v) is 7.88. The lowest BCUT2D eigenvalue weighted by atomic mass is 9.71. The van der Waals surface area contributed by atoms with Gasteiger partial charge >= 0.3 is 0 Å². The highest BCUT2D eigenvalue weighted by Crippen LogP contribution is 2.37. The Balaban J connectivity index is 1.70. The second kappa shape index (κ2) is 5.78. The van der Waals surface area contributed by atoms with Crippen molar-refractivity contribution in [2.75, 3.05) is 0 Å². The number of nitrogens with one attached hydrogen (secondary N) is 2. The first kappa shape index (κ1) is 14.8. The Morgan fingerprint density at radius 3 is 2.11 bits per heavy atom. The van der Waals surface area contributed by atoms with Gasteiger partial charge < -0.3 is 10.6 Å². The van der Waals surface area contributed by atoms with Crippen molar-refractivity contribution in [2.24, 2.45) is 17.3 Å². The minimum Gasteiger partial charge on any atom is -0.360 e. The number of carbonyl (C=O) groups is 1. The van der Waals surface area contributed by atoms with Crippen LogP contribution in [0.3, 0.4) is 0 Å². The van der Waals surface area contributed by atoms with Gasteiger partial charge in [-0.3, -0.25) is 4.79 Å². The third-order valence-electron chi connectivity index (χ3n) is 4.47. The molecule has 0 heterocycles. The Hall–Kier alpha value is -0.640. The Labute approximate surface area is 121 Å². The van der Waals surface area contributed by atoms with E-state index < -0.39 is 0 Å². The van der Waals surface area contributed by atoms with E-state index in [0.29, 0.717) is 16.6 Å². The highest BCUT2D eigenvalue weighted by molar-refractivity contribution is 7.80. The van der Waals surface area contributed by atoms with Crippen LogP contribution in [-0.2, 0) is 4.79 Å². The van der Waals surface area contributed by atoms with Gasteiger partial charge in [-0.1, -0.05) is 20.8 Å². The average Bonchev–Trinajstić information content (AvgIpc) is 3.11. The molecule has 2 rings (SSSR count). The molecule has 4 heteroatoms. The molecule has 3 nitrogen and oxygen atoms in total. The summed E-state index contributed by atoms with van der Waals surface area (Å²) in [5, 5.41) is 6.64. The second-order valence-corrected chi connectivity index (χ2v) is 7.56. The predicted octanol–water partition coefficient (Wildman–Crippen LogP) is 2.99. The molecule has 0 atom stereocenters. The van der Waals surface area contributed by atoms with Crippen LogP contribution in [0, 0.1) is 17.3 Å². The number of thiocarbonyl (C=S) groups is 1. The van der Waals surface area contributed by atoms with Crippen LogP contribution in [0.2, 0.25) is 0 Å². The predicted molar refractivity (Wildman–Crippen MR) is 81.8 cm³/mol. The summed E-state index contributed by atoms with van der Waals surface area (Å²) in [6.45, 7) is 6.98. The molecule has 0 bridgehead atoms. The van der Waals surface area contributed by atoms with Gasteiger partial charge in [-0.2, -0.15) is 0 Å². The maximum Gasteiger partial charge on any atom is 0.229 e. The molecule has 0 unspecified atom stereocenters. The summed E-state index contributed by atoms with van der Waals surface area (Å²) in [6.07, 6.45) is 6.85. The molecule has 2 N–H and O–H groups in total. The van der Waals surface area contributed by atoms with Crippen LogP contribution in [0.4, 0.5) is 0 Å². The van der Waals surface area contributed by atoms with Gasteiger partial charge in [0.2, 0.25) is 5.91 Å². The normalized spacial score (nSPS) is 27.7. The molecule has 0 aliphatic heterocycles. The Bertz CT molecular complexity index is 350.